The molecule has 3 aromatic carbocycles. The SMILES string of the molecule is COc1cc(C(F)(F)C(=O)N2CCCC2C(=O)OC(CCc2ccccc2)c2ccccc2)cc(OC)c1OC. The van der Waals surface area contributed by atoms with Crippen molar-refractivity contribution in [3.05, 3.63) is 89.5 Å². The molecule has 40 heavy (non-hydrogen) atoms. The third kappa shape index (κ3) is 6.19. The van der Waals surface area contributed by atoms with Gasteiger partial charge in [0.25, 0.3) is 5.91 Å². The molecular weight excluding hydrogens is 520 g/mol. The number of halogens is 2. The first-order valence-electron chi connectivity index (χ1n) is 13.1. The first kappa shape index (κ1) is 28.9. The van der Waals surface area contributed by atoms with E-state index in [1.165, 1.54) is 21.3 Å². The van der Waals surface area contributed by atoms with E-state index in [2.05, 4.69) is 0 Å². The fourth-order valence-corrected chi connectivity index (χ4v) is 4.94. The molecule has 212 valence electrons. The third-order valence-corrected chi connectivity index (χ3v) is 7.05. The molecule has 1 amide bonds. The van der Waals surface area contributed by atoms with Crippen molar-refractivity contribution in [2.75, 3.05) is 27.9 Å². The van der Waals surface area contributed by atoms with Crippen LogP contribution < -0.4 is 14.2 Å². The summed E-state index contributed by atoms with van der Waals surface area (Å²) in [6, 6.07) is 20.0. The Morgan fingerprint density at radius 2 is 1.52 bits per heavy atom. The standard InChI is InChI=1S/C31H33F2NO6/c1-37-26-19-23(20-27(38-2)28(26)39-3)31(32,33)30(36)34-18-10-15-24(34)29(35)40-25(22-13-8-5-9-14-22)17-16-21-11-6-4-7-12-21/h4-9,11-14,19-20,24-25H,10,15-18H2,1-3H3. The summed E-state index contributed by atoms with van der Waals surface area (Å²) in [5, 5.41) is 0. The molecule has 0 bridgehead atoms. The number of alkyl halides is 2. The number of ether oxygens (including phenoxy) is 4. The fraction of sp³-hybridized carbons (Fsp3) is 0.355. The second kappa shape index (κ2) is 12.8. The average Bonchev–Trinajstić information content (AvgIpc) is 3.49. The van der Waals surface area contributed by atoms with Gasteiger partial charge < -0.3 is 23.8 Å². The average molecular weight is 554 g/mol. The number of amides is 1. The van der Waals surface area contributed by atoms with E-state index in [9.17, 15) is 9.59 Å². The molecule has 4 rings (SSSR count). The van der Waals surface area contributed by atoms with Crippen molar-refractivity contribution in [2.24, 2.45) is 0 Å². The molecule has 7 nitrogen and oxygen atoms in total. The lowest BCUT2D eigenvalue weighted by Crippen LogP contribution is -2.48. The normalized spacial score (nSPS) is 15.8. The number of hydrogen-bond donors (Lipinski definition) is 0. The van der Waals surface area contributed by atoms with Crippen LogP contribution in [0.25, 0.3) is 0 Å². The number of carbonyl (C=O) groups is 2. The highest BCUT2D eigenvalue weighted by Gasteiger charge is 2.49. The van der Waals surface area contributed by atoms with Crippen molar-refractivity contribution in [1.82, 2.24) is 4.90 Å². The third-order valence-electron chi connectivity index (χ3n) is 7.05. The zero-order valence-corrected chi connectivity index (χ0v) is 22.8. The number of aryl methyl sites for hydroxylation is 1. The zero-order valence-electron chi connectivity index (χ0n) is 22.8. The van der Waals surface area contributed by atoms with Gasteiger partial charge in [0.15, 0.2) is 11.5 Å². The lowest BCUT2D eigenvalue weighted by molar-refractivity contribution is -0.169. The highest BCUT2D eigenvalue weighted by atomic mass is 19.3. The largest absolute Gasteiger partial charge is 0.493 e. The van der Waals surface area contributed by atoms with Gasteiger partial charge in [-0.3, -0.25) is 4.79 Å². The molecule has 0 aromatic heterocycles. The maximum atomic E-state index is 15.6. The summed E-state index contributed by atoms with van der Waals surface area (Å²) in [6.07, 6.45) is 1.19. The monoisotopic (exact) mass is 553 g/mol. The van der Waals surface area contributed by atoms with Crippen LogP contribution in [0.3, 0.4) is 0 Å². The van der Waals surface area contributed by atoms with Crippen LogP contribution in [0.5, 0.6) is 17.2 Å². The van der Waals surface area contributed by atoms with Gasteiger partial charge in [-0.1, -0.05) is 60.7 Å². The van der Waals surface area contributed by atoms with Gasteiger partial charge in [0.05, 0.1) is 21.3 Å². The molecule has 9 heteroatoms. The predicted molar refractivity (Wildman–Crippen MR) is 145 cm³/mol. The molecule has 3 aromatic rings. The van der Waals surface area contributed by atoms with Gasteiger partial charge in [-0.05, 0) is 48.9 Å². The molecule has 1 aliphatic rings. The molecule has 1 aliphatic heterocycles. The van der Waals surface area contributed by atoms with Gasteiger partial charge in [0, 0.05) is 12.1 Å². The summed E-state index contributed by atoms with van der Waals surface area (Å²) in [7, 11) is 3.95. The molecule has 0 saturated carbocycles. The molecule has 1 fully saturated rings. The summed E-state index contributed by atoms with van der Waals surface area (Å²) < 4.78 is 52.8. The van der Waals surface area contributed by atoms with Gasteiger partial charge in [0.2, 0.25) is 5.75 Å². The highest BCUT2D eigenvalue weighted by Crippen LogP contribution is 2.43. The number of likely N-dealkylation sites (tertiary alicyclic amines) is 1. The zero-order chi connectivity index (χ0) is 28.7. The van der Waals surface area contributed by atoms with Crippen molar-refractivity contribution in [2.45, 2.75) is 43.8 Å². The maximum absolute atomic E-state index is 15.6. The minimum absolute atomic E-state index is 0.00849. The van der Waals surface area contributed by atoms with E-state index in [4.69, 9.17) is 18.9 Å². The minimum atomic E-state index is -3.96. The van der Waals surface area contributed by atoms with Crippen LogP contribution in [0, 0.1) is 0 Å². The van der Waals surface area contributed by atoms with Crippen molar-refractivity contribution in [3.63, 3.8) is 0 Å². The van der Waals surface area contributed by atoms with Crippen molar-refractivity contribution < 1.29 is 37.3 Å². The van der Waals surface area contributed by atoms with Crippen molar-refractivity contribution >= 4 is 11.9 Å². The summed E-state index contributed by atoms with van der Waals surface area (Å²) >= 11 is 0. The van der Waals surface area contributed by atoms with Gasteiger partial charge in [0.1, 0.15) is 12.1 Å². The Hall–Kier alpha value is -4.14. The Kier molecular flexibility index (Phi) is 9.24. The van der Waals surface area contributed by atoms with E-state index in [1.54, 1.807) is 0 Å². The van der Waals surface area contributed by atoms with Crippen LogP contribution in [0.2, 0.25) is 0 Å². The van der Waals surface area contributed by atoms with Crippen LogP contribution >= 0.6 is 0 Å². The molecule has 1 saturated heterocycles. The molecule has 2 unspecified atom stereocenters. The molecule has 1 heterocycles. The number of carbonyl (C=O) groups excluding carboxylic acids is 2. The summed E-state index contributed by atoms with van der Waals surface area (Å²) in [6.45, 7) is 0.0125. The number of rotatable bonds is 11. The summed E-state index contributed by atoms with van der Waals surface area (Å²) in [5.74, 6) is -6.03. The number of methoxy groups -OCH3 is 3. The molecule has 0 spiro atoms. The Morgan fingerprint density at radius 3 is 2.10 bits per heavy atom. The van der Waals surface area contributed by atoms with Crippen LogP contribution in [0.1, 0.15) is 42.1 Å². The van der Waals surface area contributed by atoms with Gasteiger partial charge >= 0.3 is 11.9 Å². The maximum Gasteiger partial charge on any atom is 0.350 e. The fourth-order valence-electron chi connectivity index (χ4n) is 4.94. The first-order chi connectivity index (χ1) is 19.3. The van der Waals surface area contributed by atoms with Gasteiger partial charge in [-0.15, -0.1) is 0 Å². The van der Waals surface area contributed by atoms with E-state index in [0.29, 0.717) is 19.3 Å². The van der Waals surface area contributed by atoms with Gasteiger partial charge in [-0.2, -0.15) is 8.78 Å². The van der Waals surface area contributed by atoms with E-state index >= 15 is 8.78 Å². The van der Waals surface area contributed by atoms with Crippen molar-refractivity contribution in [3.8, 4) is 17.2 Å². The van der Waals surface area contributed by atoms with E-state index in [-0.39, 0.29) is 30.2 Å². The Bertz CT molecular complexity index is 1280. The van der Waals surface area contributed by atoms with Gasteiger partial charge in [-0.25, -0.2) is 4.79 Å². The van der Waals surface area contributed by atoms with E-state index in [1.807, 2.05) is 60.7 Å². The Morgan fingerprint density at radius 1 is 0.925 bits per heavy atom. The number of esters is 1. The minimum Gasteiger partial charge on any atom is -0.493 e. The second-order valence-electron chi connectivity index (χ2n) is 9.51. The van der Waals surface area contributed by atoms with Crippen LogP contribution in [-0.4, -0.2) is 50.7 Å². The van der Waals surface area contributed by atoms with Crippen LogP contribution in [0.4, 0.5) is 8.78 Å². The number of hydrogen-bond acceptors (Lipinski definition) is 6. The quantitative estimate of drug-likeness (QED) is 0.283. The molecule has 2 atom stereocenters. The lowest BCUT2D eigenvalue weighted by atomic mass is 10.0. The Labute approximate surface area is 232 Å². The molecule has 0 radical (unpaired) electrons. The second-order valence-corrected chi connectivity index (χ2v) is 9.51. The smallest absolute Gasteiger partial charge is 0.350 e. The summed E-state index contributed by atoms with van der Waals surface area (Å²) in [5.41, 5.74) is 1.25. The van der Waals surface area contributed by atoms with E-state index in [0.717, 1.165) is 28.2 Å². The lowest BCUT2D eigenvalue weighted by Gasteiger charge is -2.29. The summed E-state index contributed by atoms with van der Waals surface area (Å²) in [4.78, 5) is 27.6. The molecule has 0 N–H and O–H groups in total. The van der Waals surface area contributed by atoms with E-state index < -0.39 is 35.5 Å². The number of benzene rings is 3. The topological polar surface area (TPSA) is 74.3 Å². The van der Waals surface area contributed by atoms with Crippen LogP contribution in [-0.2, 0) is 26.7 Å². The van der Waals surface area contributed by atoms with Crippen molar-refractivity contribution in [1.29, 1.82) is 0 Å². The number of nitrogens with zero attached hydrogens (tertiary/aromatic N) is 1. The molecule has 0 aliphatic carbocycles. The van der Waals surface area contributed by atoms with Crippen LogP contribution in [0.15, 0.2) is 72.8 Å². The highest BCUT2D eigenvalue weighted by molar-refractivity contribution is 5.90. The predicted octanol–water partition coefficient (Wildman–Crippen LogP) is 5.71. The molecular formula is C31H33F2NO6. The Balaban J connectivity index is 1.54. The first-order valence-corrected chi connectivity index (χ1v) is 13.1.